The first kappa shape index (κ1) is 12.6. The number of allylic oxidation sites excluding steroid dienone is 1. The van der Waals surface area contributed by atoms with Crippen molar-refractivity contribution >= 4 is 5.57 Å². The normalized spacial score (nSPS) is 10.6. The Kier molecular flexibility index (Phi) is 3.99. The van der Waals surface area contributed by atoms with Crippen LogP contribution in [0.15, 0.2) is 61.2 Å². The lowest BCUT2D eigenvalue weighted by Gasteiger charge is -2.09. The van der Waals surface area contributed by atoms with Gasteiger partial charge in [-0.3, -0.25) is 0 Å². The zero-order valence-corrected chi connectivity index (χ0v) is 11.2. The van der Waals surface area contributed by atoms with Gasteiger partial charge in [-0.25, -0.2) is 0 Å². The van der Waals surface area contributed by atoms with E-state index in [1.54, 1.807) is 0 Å². The van der Waals surface area contributed by atoms with Crippen LogP contribution in [0.2, 0.25) is 0 Å². The van der Waals surface area contributed by atoms with Crippen LogP contribution < -0.4 is 0 Å². The highest BCUT2D eigenvalue weighted by molar-refractivity contribution is 5.65. The van der Waals surface area contributed by atoms with Gasteiger partial charge in [0, 0.05) is 0 Å². The number of rotatable bonds is 4. The Hall–Kier alpha value is -1.82. The van der Waals surface area contributed by atoms with E-state index < -0.39 is 0 Å². The molecule has 92 valence electrons. The van der Waals surface area contributed by atoms with E-state index >= 15 is 0 Å². The minimum atomic E-state index is 0.594. The monoisotopic (exact) mass is 236 g/mol. The van der Waals surface area contributed by atoms with Crippen molar-refractivity contribution in [3.8, 4) is 0 Å². The van der Waals surface area contributed by atoms with Crippen LogP contribution in [0.4, 0.5) is 0 Å². The van der Waals surface area contributed by atoms with Crippen molar-refractivity contribution in [2.45, 2.75) is 26.2 Å². The summed E-state index contributed by atoms with van der Waals surface area (Å²) in [5, 5.41) is 0. The Morgan fingerprint density at radius 1 is 0.944 bits per heavy atom. The maximum Gasteiger partial charge on any atom is -0.00257 e. The first-order valence-electron chi connectivity index (χ1n) is 6.49. The summed E-state index contributed by atoms with van der Waals surface area (Å²) >= 11 is 0. The molecule has 0 spiro atoms. The van der Waals surface area contributed by atoms with Crippen molar-refractivity contribution in [1.82, 2.24) is 0 Å². The van der Waals surface area contributed by atoms with Crippen LogP contribution in [0.3, 0.4) is 0 Å². The van der Waals surface area contributed by atoms with Gasteiger partial charge in [0.25, 0.3) is 0 Å². The zero-order valence-electron chi connectivity index (χ0n) is 11.2. The van der Waals surface area contributed by atoms with Gasteiger partial charge in [-0.2, -0.15) is 0 Å². The predicted molar refractivity (Wildman–Crippen MR) is 79.7 cm³/mol. The Balaban J connectivity index is 2.08. The van der Waals surface area contributed by atoms with Crippen LogP contribution in [-0.4, -0.2) is 0 Å². The third kappa shape index (κ3) is 3.10. The van der Waals surface area contributed by atoms with Gasteiger partial charge >= 0.3 is 0 Å². The molecule has 2 aromatic carbocycles. The number of hydrogen-bond acceptors (Lipinski definition) is 0. The number of benzene rings is 2. The van der Waals surface area contributed by atoms with E-state index in [0.29, 0.717) is 5.92 Å². The minimum absolute atomic E-state index is 0.594. The Bertz CT molecular complexity index is 503. The lowest BCUT2D eigenvalue weighted by molar-refractivity contribution is 0.865. The van der Waals surface area contributed by atoms with E-state index in [0.717, 1.165) is 6.42 Å². The molecule has 2 aromatic rings. The molecule has 0 radical (unpaired) electrons. The van der Waals surface area contributed by atoms with Gasteiger partial charge < -0.3 is 0 Å². The maximum atomic E-state index is 4.18. The first-order valence-corrected chi connectivity index (χ1v) is 6.49. The molecular formula is C18H20. The summed E-state index contributed by atoms with van der Waals surface area (Å²) in [6, 6.07) is 19.2. The summed E-state index contributed by atoms with van der Waals surface area (Å²) in [5.74, 6) is 0.594. The van der Waals surface area contributed by atoms with Crippen LogP contribution in [-0.2, 0) is 6.42 Å². The molecule has 0 aliphatic carbocycles. The topological polar surface area (TPSA) is 0 Å². The molecule has 0 nitrogen and oxygen atoms in total. The van der Waals surface area contributed by atoms with Gasteiger partial charge in [-0.05, 0) is 34.6 Å². The third-order valence-corrected chi connectivity index (χ3v) is 3.25. The van der Waals surface area contributed by atoms with E-state index in [1.165, 1.54) is 22.3 Å². The third-order valence-electron chi connectivity index (χ3n) is 3.25. The van der Waals surface area contributed by atoms with Crippen molar-refractivity contribution < 1.29 is 0 Å². The Morgan fingerprint density at radius 2 is 1.56 bits per heavy atom. The second kappa shape index (κ2) is 5.68. The van der Waals surface area contributed by atoms with Crippen LogP contribution in [0.5, 0.6) is 0 Å². The minimum Gasteiger partial charge on any atom is -0.0949 e. The molecule has 0 N–H and O–H groups in total. The van der Waals surface area contributed by atoms with Gasteiger partial charge in [0.05, 0.1) is 0 Å². The quantitative estimate of drug-likeness (QED) is 0.695. The van der Waals surface area contributed by atoms with E-state index in [4.69, 9.17) is 0 Å². The highest BCUT2D eigenvalue weighted by atomic mass is 14.1. The van der Waals surface area contributed by atoms with Crippen LogP contribution in [0.1, 0.15) is 36.5 Å². The second-order valence-electron chi connectivity index (χ2n) is 5.04. The Labute approximate surface area is 110 Å². The summed E-state index contributed by atoms with van der Waals surface area (Å²) < 4.78 is 0. The van der Waals surface area contributed by atoms with Crippen molar-refractivity contribution in [3.05, 3.63) is 77.9 Å². The summed E-state index contributed by atoms with van der Waals surface area (Å²) in [4.78, 5) is 0. The van der Waals surface area contributed by atoms with E-state index in [1.807, 2.05) is 6.07 Å². The van der Waals surface area contributed by atoms with Crippen LogP contribution >= 0.6 is 0 Å². The molecule has 0 heteroatoms. The SMILES string of the molecule is C=C(Cc1ccc(C(C)C)cc1)c1ccccc1. The smallest absolute Gasteiger partial charge is 0.00257 e. The first-order chi connectivity index (χ1) is 8.66. The second-order valence-corrected chi connectivity index (χ2v) is 5.04. The molecule has 0 bridgehead atoms. The van der Waals surface area contributed by atoms with Gasteiger partial charge in [0.1, 0.15) is 0 Å². The lowest BCUT2D eigenvalue weighted by atomic mass is 9.97. The predicted octanol–water partition coefficient (Wildman–Crippen LogP) is 5.07. The summed E-state index contributed by atoms with van der Waals surface area (Å²) in [7, 11) is 0. The van der Waals surface area contributed by atoms with Crippen molar-refractivity contribution in [2.75, 3.05) is 0 Å². The summed E-state index contributed by atoms with van der Waals surface area (Å²) in [6.07, 6.45) is 0.919. The maximum absolute atomic E-state index is 4.18. The fourth-order valence-corrected chi connectivity index (χ4v) is 2.04. The molecule has 18 heavy (non-hydrogen) atoms. The molecule has 0 atom stereocenters. The van der Waals surface area contributed by atoms with Gasteiger partial charge in [0.2, 0.25) is 0 Å². The van der Waals surface area contributed by atoms with E-state index in [2.05, 4.69) is 69.0 Å². The molecule has 0 amide bonds. The molecular weight excluding hydrogens is 216 g/mol. The number of hydrogen-bond donors (Lipinski definition) is 0. The zero-order chi connectivity index (χ0) is 13.0. The standard InChI is InChI=1S/C18H20/c1-14(2)17-11-9-16(10-12-17)13-15(3)18-7-5-4-6-8-18/h4-12,14H,3,13H2,1-2H3. The van der Waals surface area contributed by atoms with Crippen molar-refractivity contribution in [1.29, 1.82) is 0 Å². The van der Waals surface area contributed by atoms with Crippen LogP contribution in [0.25, 0.3) is 5.57 Å². The largest absolute Gasteiger partial charge is 0.0949 e. The molecule has 0 aliphatic rings. The highest BCUT2D eigenvalue weighted by Crippen LogP contribution is 2.20. The fourth-order valence-electron chi connectivity index (χ4n) is 2.04. The molecule has 0 saturated heterocycles. The van der Waals surface area contributed by atoms with Gasteiger partial charge in [0.15, 0.2) is 0 Å². The van der Waals surface area contributed by atoms with Gasteiger partial charge in [-0.15, -0.1) is 0 Å². The summed E-state index contributed by atoms with van der Waals surface area (Å²) in [6.45, 7) is 8.62. The average molecular weight is 236 g/mol. The van der Waals surface area contributed by atoms with E-state index in [9.17, 15) is 0 Å². The molecule has 0 aromatic heterocycles. The molecule has 0 heterocycles. The van der Waals surface area contributed by atoms with Crippen molar-refractivity contribution in [2.24, 2.45) is 0 Å². The Morgan fingerprint density at radius 3 is 2.11 bits per heavy atom. The molecule has 0 fully saturated rings. The molecule has 0 saturated carbocycles. The highest BCUT2D eigenvalue weighted by Gasteiger charge is 2.02. The van der Waals surface area contributed by atoms with E-state index in [-0.39, 0.29) is 0 Å². The van der Waals surface area contributed by atoms with Crippen LogP contribution in [0, 0.1) is 0 Å². The molecule has 2 rings (SSSR count). The lowest BCUT2D eigenvalue weighted by Crippen LogP contribution is -1.91. The molecule has 0 aliphatic heterocycles. The fraction of sp³-hybridized carbons (Fsp3) is 0.222. The summed E-state index contributed by atoms with van der Waals surface area (Å²) in [5.41, 5.74) is 5.12. The van der Waals surface area contributed by atoms with Crippen molar-refractivity contribution in [3.63, 3.8) is 0 Å². The van der Waals surface area contributed by atoms with Gasteiger partial charge in [-0.1, -0.05) is 75.0 Å². The average Bonchev–Trinajstić information content (AvgIpc) is 2.40. The molecule has 0 unspecified atom stereocenters.